The van der Waals surface area contributed by atoms with Crippen LogP contribution in [-0.2, 0) is 14.3 Å². The SMILES string of the molecule is COC1=N[C@H](C(C)C)C(OC)=N[C@H]1[C@@](C)(O)[C@H]1CC(C)=NO1. The minimum Gasteiger partial charge on any atom is -0.483 e. The normalized spacial score (nSPS) is 30.9. The first kappa shape index (κ1) is 16.7. The number of rotatable bonds is 3. The molecule has 0 aromatic carbocycles. The van der Waals surface area contributed by atoms with Crippen LogP contribution in [0.1, 0.15) is 34.1 Å². The van der Waals surface area contributed by atoms with Gasteiger partial charge in [0.1, 0.15) is 11.6 Å². The predicted molar refractivity (Wildman–Crippen MR) is 84.5 cm³/mol. The molecule has 0 radical (unpaired) electrons. The molecular weight excluding hydrogens is 286 g/mol. The Morgan fingerprint density at radius 3 is 2.32 bits per heavy atom. The van der Waals surface area contributed by atoms with Crippen molar-refractivity contribution in [2.75, 3.05) is 14.2 Å². The molecule has 0 fully saturated rings. The fraction of sp³-hybridized carbons (Fsp3) is 0.800. The van der Waals surface area contributed by atoms with Gasteiger partial charge in [-0.25, -0.2) is 9.98 Å². The molecule has 0 bridgehead atoms. The highest BCUT2D eigenvalue weighted by atomic mass is 16.7. The lowest BCUT2D eigenvalue weighted by atomic mass is 9.86. The first-order chi connectivity index (χ1) is 10.3. The maximum atomic E-state index is 11.0. The second kappa shape index (κ2) is 6.24. The van der Waals surface area contributed by atoms with Crippen molar-refractivity contribution in [1.29, 1.82) is 0 Å². The van der Waals surface area contributed by atoms with Crippen LogP contribution in [0, 0.1) is 5.92 Å². The summed E-state index contributed by atoms with van der Waals surface area (Å²) in [5, 5.41) is 14.9. The summed E-state index contributed by atoms with van der Waals surface area (Å²) < 4.78 is 10.8. The van der Waals surface area contributed by atoms with E-state index in [1.54, 1.807) is 14.0 Å². The van der Waals surface area contributed by atoms with E-state index >= 15 is 0 Å². The van der Waals surface area contributed by atoms with Gasteiger partial charge in [-0.15, -0.1) is 0 Å². The second-order valence-electron chi connectivity index (χ2n) is 6.28. The summed E-state index contributed by atoms with van der Waals surface area (Å²) in [6, 6.07) is -0.900. The van der Waals surface area contributed by atoms with Crippen LogP contribution in [0.25, 0.3) is 0 Å². The fourth-order valence-corrected chi connectivity index (χ4v) is 2.66. The van der Waals surface area contributed by atoms with E-state index in [2.05, 4.69) is 15.1 Å². The summed E-state index contributed by atoms with van der Waals surface area (Å²) in [6.45, 7) is 7.59. The van der Waals surface area contributed by atoms with Crippen LogP contribution in [0.4, 0.5) is 0 Å². The molecule has 0 saturated heterocycles. The highest BCUT2D eigenvalue weighted by molar-refractivity contribution is 5.95. The van der Waals surface area contributed by atoms with E-state index in [1.165, 1.54) is 7.11 Å². The Bertz CT molecular complexity index is 511. The van der Waals surface area contributed by atoms with E-state index in [4.69, 9.17) is 14.3 Å². The number of ether oxygens (including phenoxy) is 2. The zero-order valence-corrected chi connectivity index (χ0v) is 14.0. The molecule has 2 aliphatic rings. The molecule has 0 amide bonds. The van der Waals surface area contributed by atoms with Crippen molar-refractivity contribution in [3.8, 4) is 0 Å². The van der Waals surface area contributed by atoms with Gasteiger partial charge in [-0.1, -0.05) is 19.0 Å². The van der Waals surface area contributed by atoms with Gasteiger partial charge in [-0.3, -0.25) is 0 Å². The Morgan fingerprint density at radius 1 is 1.23 bits per heavy atom. The smallest absolute Gasteiger partial charge is 0.212 e. The predicted octanol–water partition coefficient (Wildman–Crippen LogP) is 1.40. The van der Waals surface area contributed by atoms with Crippen molar-refractivity contribution in [2.24, 2.45) is 21.1 Å². The molecular formula is C15H25N3O4. The number of hydrogen-bond donors (Lipinski definition) is 1. The van der Waals surface area contributed by atoms with Gasteiger partial charge in [-0.05, 0) is 19.8 Å². The summed E-state index contributed by atoms with van der Waals surface area (Å²) >= 11 is 0. The van der Waals surface area contributed by atoms with E-state index in [1.807, 2.05) is 20.8 Å². The molecule has 0 aliphatic carbocycles. The standard InChI is InChI=1S/C15H25N3O4/c1-8(2)11-13(20-5)17-12(14(16-11)21-6)15(4,19)10-7-9(3)18-22-10/h8,10-12,19H,7H2,1-6H3/t10-,11-,12-,15+/m1/s1. The van der Waals surface area contributed by atoms with E-state index in [0.29, 0.717) is 18.2 Å². The molecule has 0 saturated carbocycles. The molecule has 4 atom stereocenters. The molecule has 22 heavy (non-hydrogen) atoms. The highest BCUT2D eigenvalue weighted by Crippen LogP contribution is 2.31. The van der Waals surface area contributed by atoms with Crippen LogP contribution >= 0.6 is 0 Å². The molecule has 7 heteroatoms. The van der Waals surface area contributed by atoms with Gasteiger partial charge in [0.15, 0.2) is 12.1 Å². The second-order valence-corrected chi connectivity index (χ2v) is 6.28. The molecule has 2 rings (SSSR count). The van der Waals surface area contributed by atoms with Crippen LogP contribution in [0.5, 0.6) is 0 Å². The third-order valence-electron chi connectivity index (χ3n) is 4.08. The fourth-order valence-electron chi connectivity index (χ4n) is 2.66. The lowest BCUT2D eigenvalue weighted by molar-refractivity contribution is -0.0893. The molecule has 0 unspecified atom stereocenters. The monoisotopic (exact) mass is 311 g/mol. The first-order valence-electron chi connectivity index (χ1n) is 7.46. The molecule has 0 aromatic rings. The number of aliphatic hydroxyl groups is 1. The molecule has 2 aliphatic heterocycles. The third kappa shape index (κ3) is 2.95. The van der Waals surface area contributed by atoms with Crippen LogP contribution in [-0.4, -0.2) is 60.6 Å². The van der Waals surface area contributed by atoms with Gasteiger partial charge in [-0.2, -0.15) is 0 Å². The highest BCUT2D eigenvalue weighted by Gasteiger charge is 2.49. The lowest BCUT2D eigenvalue weighted by Gasteiger charge is -2.36. The zero-order chi connectivity index (χ0) is 16.5. The van der Waals surface area contributed by atoms with Crippen molar-refractivity contribution in [1.82, 2.24) is 0 Å². The van der Waals surface area contributed by atoms with Crippen molar-refractivity contribution < 1.29 is 19.4 Å². The Balaban J connectivity index is 2.32. The number of hydrogen-bond acceptors (Lipinski definition) is 7. The van der Waals surface area contributed by atoms with Gasteiger partial charge in [0, 0.05) is 6.42 Å². The number of aliphatic imine (C=N–C) groups is 2. The van der Waals surface area contributed by atoms with Gasteiger partial charge < -0.3 is 19.4 Å². The molecule has 7 nitrogen and oxygen atoms in total. The summed E-state index contributed by atoms with van der Waals surface area (Å²) in [6.07, 6.45) is 0.0571. The van der Waals surface area contributed by atoms with Gasteiger partial charge in [0.25, 0.3) is 0 Å². The molecule has 0 spiro atoms. The minimum atomic E-state index is -1.30. The number of nitrogens with zero attached hydrogens (tertiary/aromatic N) is 3. The summed E-state index contributed by atoms with van der Waals surface area (Å²) in [5.41, 5.74) is -0.463. The third-order valence-corrected chi connectivity index (χ3v) is 4.08. The van der Waals surface area contributed by atoms with Gasteiger partial charge in [0.2, 0.25) is 11.8 Å². The largest absolute Gasteiger partial charge is 0.483 e. The maximum absolute atomic E-state index is 11.0. The minimum absolute atomic E-state index is 0.211. The van der Waals surface area contributed by atoms with E-state index in [9.17, 15) is 5.11 Å². The van der Waals surface area contributed by atoms with Crippen molar-refractivity contribution in [2.45, 2.75) is 57.9 Å². The van der Waals surface area contributed by atoms with Crippen LogP contribution < -0.4 is 0 Å². The van der Waals surface area contributed by atoms with Crippen LogP contribution in [0.15, 0.2) is 15.1 Å². The van der Waals surface area contributed by atoms with Crippen molar-refractivity contribution >= 4 is 17.5 Å². The van der Waals surface area contributed by atoms with Crippen LogP contribution in [0.3, 0.4) is 0 Å². The molecule has 0 aromatic heterocycles. The Kier molecular flexibility index (Phi) is 4.75. The lowest BCUT2D eigenvalue weighted by Crippen LogP contribution is -2.55. The molecule has 124 valence electrons. The number of methoxy groups -OCH3 is 2. The number of oxime groups is 1. The summed E-state index contributed by atoms with van der Waals surface area (Å²) in [7, 11) is 3.09. The Hall–Kier alpha value is -1.63. The Labute approximate surface area is 131 Å². The van der Waals surface area contributed by atoms with E-state index in [0.717, 1.165) is 5.71 Å². The van der Waals surface area contributed by atoms with Crippen molar-refractivity contribution in [3.05, 3.63) is 0 Å². The average molecular weight is 311 g/mol. The molecule has 1 N–H and O–H groups in total. The summed E-state index contributed by atoms with van der Waals surface area (Å²) in [4.78, 5) is 14.5. The average Bonchev–Trinajstić information content (AvgIpc) is 2.92. The first-order valence-corrected chi connectivity index (χ1v) is 7.46. The van der Waals surface area contributed by atoms with E-state index < -0.39 is 17.7 Å². The maximum Gasteiger partial charge on any atom is 0.212 e. The topological polar surface area (TPSA) is 85.0 Å². The summed E-state index contributed by atoms with van der Waals surface area (Å²) in [5.74, 6) is 1.09. The van der Waals surface area contributed by atoms with Gasteiger partial charge in [0.05, 0.1) is 19.9 Å². The van der Waals surface area contributed by atoms with Crippen LogP contribution in [0.2, 0.25) is 0 Å². The molecule has 2 heterocycles. The quantitative estimate of drug-likeness (QED) is 0.853. The van der Waals surface area contributed by atoms with Crippen molar-refractivity contribution in [3.63, 3.8) is 0 Å². The Morgan fingerprint density at radius 2 is 1.86 bits per heavy atom. The van der Waals surface area contributed by atoms with E-state index in [-0.39, 0.29) is 12.0 Å². The van der Waals surface area contributed by atoms with Gasteiger partial charge >= 0.3 is 0 Å². The zero-order valence-electron chi connectivity index (χ0n) is 14.0.